The molecule has 0 saturated heterocycles. The third-order valence-electron chi connectivity index (χ3n) is 4.56. The molecule has 0 saturated carbocycles. The van der Waals surface area contributed by atoms with Gasteiger partial charge in [0.2, 0.25) is 5.91 Å². The largest absolute Gasteiger partial charge is 0.496 e. The van der Waals surface area contributed by atoms with Crippen LogP contribution in [0.5, 0.6) is 5.75 Å². The Bertz CT molecular complexity index is 986. The molecule has 0 aliphatic heterocycles. The highest BCUT2D eigenvalue weighted by molar-refractivity contribution is 9.10. The zero-order valence-electron chi connectivity index (χ0n) is 15.9. The Morgan fingerprint density at radius 3 is 2.57 bits per heavy atom. The van der Waals surface area contributed by atoms with E-state index in [2.05, 4.69) is 21.0 Å². The van der Waals surface area contributed by atoms with E-state index in [1.165, 1.54) is 12.1 Å². The number of carbonyl (C=O) groups is 1. The van der Waals surface area contributed by atoms with Crippen LogP contribution in [0.15, 0.2) is 53.0 Å². The first-order valence-corrected chi connectivity index (χ1v) is 9.57. The van der Waals surface area contributed by atoms with Gasteiger partial charge >= 0.3 is 0 Å². The number of hydrogen-bond donors (Lipinski definition) is 0. The van der Waals surface area contributed by atoms with Gasteiger partial charge in [-0.2, -0.15) is 5.10 Å². The monoisotopic (exact) mass is 445 g/mol. The lowest BCUT2D eigenvalue weighted by atomic mass is 10.1. The number of hydrogen-bond acceptors (Lipinski definition) is 3. The second-order valence-electron chi connectivity index (χ2n) is 6.44. The fraction of sp³-hybridized carbons (Fsp3) is 0.238. The molecule has 0 aliphatic rings. The third kappa shape index (κ3) is 4.42. The third-order valence-corrected chi connectivity index (χ3v) is 5.18. The second-order valence-corrected chi connectivity index (χ2v) is 7.29. The fourth-order valence-corrected chi connectivity index (χ4v) is 3.53. The van der Waals surface area contributed by atoms with Crippen LogP contribution in [0.1, 0.15) is 12.0 Å². The topological polar surface area (TPSA) is 47.4 Å². The summed E-state index contributed by atoms with van der Waals surface area (Å²) in [5.74, 6) is 1.13. The predicted molar refractivity (Wildman–Crippen MR) is 111 cm³/mol. The average molecular weight is 446 g/mol. The van der Waals surface area contributed by atoms with Crippen molar-refractivity contribution in [2.24, 2.45) is 7.05 Å². The molecule has 1 heterocycles. The number of methoxy groups -OCH3 is 1. The van der Waals surface area contributed by atoms with Crippen LogP contribution in [0, 0.1) is 5.82 Å². The molecule has 0 spiro atoms. The molecule has 28 heavy (non-hydrogen) atoms. The number of rotatable bonds is 6. The van der Waals surface area contributed by atoms with Crippen LogP contribution in [0.2, 0.25) is 0 Å². The average Bonchev–Trinajstić information content (AvgIpc) is 3.07. The van der Waals surface area contributed by atoms with Crippen LogP contribution < -0.4 is 9.64 Å². The van der Waals surface area contributed by atoms with Crippen molar-refractivity contribution < 1.29 is 13.9 Å². The van der Waals surface area contributed by atoms with Gasteiger partial charge in [-0.05, 0) is 64.3 Å². The zero-order chi connectivity index (χ0) is 20.3. The quantitative estimate of drug-likeness (QED) is 0.557. The Hall–Kier alpha value is -2.67. The summed E-state index contributed by atoms with van der Waals surface area (Å²) >= 11 is 3.46. The van der Waals surface area contributed by atoms with Crippen LogP contribution in [0.4, 0.5) is 10.2 Å². The van der Waals surface area contributed by atoms with Crippen molar-refractivity contribution in [1.29, 1.82) is 0 Å². The summed E-state index contributed by atoms with van der Waals surface area (Å²) in [4.78, 5) is 14.3. The molecule has 0 radical (unpaired) electrons. The molecule has 5 nitrogen and oxygen atoms in total. The van der Waals surface area contributed by atoms with Crippen molar-refractivity contribution in [3.8, 4) is 17.0 Å². The van der Waals surface area contributed by atoms with Crippen LogP contribution in [-0.4, -0.2) is 29.8 Å². The molecule has 3 aromatic rings. The summed E-state index contributed by atoms with van der Waals surface area (Å²) in [6.45, 7) is 0. The highest BCUT2D eigenvalue weighted by atomic mass is 79.9. The number of nitrogens with zero attached hydrogens (tertiary/aromatic N) is 3. The summed E-state index contributed by atoms with van der Waals surface area (Å²) in [7, 11) is 5.14. The van der Waals surface area contributed by atoms with E-state index in [-0.39, 0.29) is 11.7 Å². The molecule has 2 aromatic carbocycles. The summed E-state index contributed by atoms with van der Waals surface area (Å²) in [5.41, 5.74) is 2.54. The number of benzene rings is 2. The van der Waals surface area contributed by atoms with Gasteiger partial charge in [0.05, 0.1) is 17.3 Å². The lowest BCUT2D eigenvalue weighted by Gasteiger charge is -2.17. The van der Waals surface area contributed by atoms with Crippen LogP contribution in [0.25, 0.3) is 11.3 Å². The van der Waals surface area contributed by atoms with Crippen molar-refractivity contribution in [3.63, 3.8) is 0 Å². The van der Waals surface area contributed by atoms with Crippen molar-refractivity contribution in [3.05, 3.63) is 64.4 Å². The Morgan fingerprint density at radius 2 is 1.93 bits per heavy atom. The summed E-state index contributed by atoms with van der Waals surface area (Å²) in [6, 6.07) is 13.8. The van der Waals surface area contributed by atoms with E-state index in [4.69, 9.17) is 4.74 Å². The smallest absolute Gasteiger partial charge is 0.228 e. The maximum atomic E-state index is 13.1. The lowest BCUT2D eigenvalue weighted by molar-refractivity contribution is -0.118. The standard InChI is InChI=1S/C21H21BrFN3O2/c1-25(21(27)11-5-14-4-10-19(28-3)17(22)12-14)20-13-18(24-26(20)2)15-6-8-16(23)9-7-15/h4,6-10,12-13H,5,11H2,1-3H3. The van der Waals surface area contributed by atoms with E-state index in [1.807, 2.05) is 24.3 Å². The number of aryl methyl sites for hydroxylation is 2. The molecule has 0 aliphatic carbocycles. The van der Waals surface area contributed by atoms with E-state index >= 15 is 0 Å². The number of carbonyl (C=O) groups excluding carboxylic acids is 1. The molecule has 0 bridgehead atoms. The normalized spacial score (nSPS) is 10.8. The zero-order valence-corrected chi connectivity index (χ0v) is 17.5. The van der Waals surface area contributed by atoms with Crippen LogP contribution in [0.3, 0.4) is 0 Å². The van der Waals surface area contributed by atoms with Gasteiger partial charge < -0.3 is 9.64 Å². The minimum atomic E-state index is -0.294. The molecule has 1 amide bonds. The SMILES string of the molecule is COc1ccc(CCC(=O)N(C)c2cc(-c3ccc(F)cc3)nn2C)cc1Br. The van der Waals surface area contributed by atoms with Gasteiger partial charge in [0.25, 0.3) is 0 Å². The molecule has 0 N–H and O–H groups in total. The number of aromatic nitrogens is 2. The summed E-state index contributed by atoms with van der Waals surface area (Å²) in [6.07, 6.45) is 0.987. The molecule has 7 heteroatoms. The first kappa shape index (κ1) is 20.1. The first-order chi connectivity index (χ1) is 13.4. The molecule has 3 rings (SSSR count). The fourth-order valence-electron chi connectivity index (χ4n) is 2.95. The van der Waals surface area contributed by atoms with Gasteiger partial charge in [-0.15, -0.1) is 0 Å². The molecule has 0 fully saturated rings. The van der Waals surface area contributed by atoms with Gasteiger partial charge in [-0.25, -0.2) is 4.39 Å². The highest BCUT2D eigenvalue weighted by Crippen LogP contribution is 2.27. The van der Waals surface area contributed by atoms with E-state index in [9.17, 15) is 9.18 Å². The first-order valence-electron chi connectivity index (χ1n) is 8.78. The van der Waals surface area contributed by atoms with Gasteiger partial charge in [0, 0.05) is 32.1 Å². The van der Waals surface area contributed by atoms with Crippen molar-refractivity contribution in [1.82, 2.24) is 9.78 Å². The van der Waals surface area contributed by atoms with Gasteiger partial charge in [-0.3, -0.25) is 9.48 Å². The van der Waals surface area contributed by atoms with Gasteiger partial charge in [0.1, 0.15) is 17.4 Å². The molecule has 0 atom stereocenters. The van der Waals surface area contributed by atoms with Crippen molar-refractivity contribution in [2.45, 2.75) is 12.8 Å². The molecule has 1 aromatic heterocycles. The Morgan fingerprint density at radius 1 is 1.21 bits per heavy atom. The minimum Gasteiger partial charge on any atom is -0.496 e. The molecular weight excluding hydrogens is 425 g/mol. The molecule has 0 unspecified atom stereocenters. The van der Waals surface area contributed by atoms with Crippen molar-refractivity contribution >= 4 is 27.7 Å². The number of ether oxygens (including phenoxy) is 1. The van der Waals surface area contributed by atoms with E-state index in [1.54, 1.807) is 42.9 Å². The van der Waals surface area contributed by atoms with E-state index in [0.717, 1.165) is 21.3 Å². The predicted octanol–water partition coefficient (Wildman–Crippen LogP) is 4.59. The van der Waals surface area contributed by atoms with Crippen molar-refractivity contribution in [2.75, 3.05) is 19.1 Å². The Kier molecular flexibility index (Phi) is 6.14. The van der Waals surface area contributed by atoms with Crippen LogP contribution in [-0.2, 0) is 18.3 Å². The maximum absolute atomic E-state index is 13.1. The van der Waals surface area contributed by atoms with E-state index in [0.29, 0.717) is 24.4 Å². The Balaban J connectivity index is 1.69. The number of amides is 1. The summed E-state index contributed by atoms with van der Waals surface area (Å²) < 4.78 is 20.9. The van der Waals surface area contributed by atoms with Gasteiger partial charge in [0.15, 0.2) is 0 Å². The summed E-state index contributed by atoms with van der Waals surface area (Å²) in [5, 5.41) is 4.44. The minimum absolute atomic E-state index is 0.0133. The van der Waals surface area contributed by atoms with E-state index < -0.39 is 0 Å². The lowest BCUT2D eigenvalue weighted by Crippen LogP contribution is -2.28. The second kappa shape index (κ2) is 8.56. The number of halogens is 2. The maximum Gasteiger partial charge on any atom is 0.228 e. The number of anilines is 1. The highest BCUT2D eigenvalue weighted by Gasteiger charge is 2.17. The van der Waals surface area contributed by atoms with Crippen LogP contribution >= 0.6 is 15.9 Å². The van der Waals surface area contributed by atoms with Gasteiger partial charge in [-0.1, -0.05) is 6.07 Å². The Labute approximate surface area is 171 Å². The molecule has 146 valence electrons. The molecular formula is C21H21BrFN3O2.